The quantitative estimate of drug-likeness (QED) is 0.469. The highest BCUT2D eigenvalue weighted by Crippen LogP contribution is 2.33. The molecule has 118 valence electrons. The fraction of sp³-hybridized carbons (Fsp3) is 0.300. The summed E-state index contributed by atoms with van der Waals surface area (Å²) in [5, 5.41) is 15.3. The lowest BCUT2D eigenvalue weighted by Gasteiger charge is -2.16. The van der Waals surface area contributed by atoms with E-state index < -0.39 is 50.2 Å². The van der Waals surface area contributed by atoms with Crippen molar-refractivity contribution in [3.8, 4) is 0 Å². The topological polar surface area (TPSA) is 116 Å². The Morgan fingerprint density at radius 3 is 2.43 bits per heavy atom. The highest BCUT2D eigenvalue weighted by atomic mass is 35.5. The summed E-state index contributed by atoms with van der Waals surface area (Å²) in [6.07, 6.45) is -4.66. The van der Waals surface area contributed by atoms with E-state index in [1.165, 1.54) is 0 Å². The fourth-order valence-electron chi connectivity index (χ4n) is 1.34. The predicted molar refractivity (Wildman–Crippen MR) is 69.6 cm³/mol. The molecule has 1 aromatic carbocycles. The molecule has 0 saturated carbocycles. The molecule has 0 heterocycles. The number of hydrogen-bond donors (Lipinski definition) is 4. The zero-order valence-electron chi connectivity index (χ0n) is 10.3. The van der Waals surface area contributed by atoms with E-state index in [0.717, 1.165) is 0 Å². The fourth-order valence-corrected chi connectivity index (χ4v) is 3.10. The van der Waals surface area contributed by atoms with Gasteiger partial charge >= 0.3 is 6.18 Å². The normalized spacial score (nSPS) is 14.0. The Hall–Kier alpha value is -1.36. The van der Waals surface area contributed by atoms with Crippen LogP contribution in [0.3, 0.4) is 0 Å². The van der Waals surface area contributed by atoms with E-state index in [-0.39, 0.29) is 0 Å². The SMILES string of the molecule is N=C(N)[C@@H](CO)NS(=O)(=O)c1ccc(C(F)(F)F)cc1Cl. The minimum atomic E-state index is -4.66. The molecule has 0 spiro atoms. The van der Waals surface area contributed by atoms with Gasteiger partial charge in [0.25, 0.3) is 0 Å². The summed E-state index contributed by atoms with van der Waals surface area (Å²) in [5.74, 6) is -0.649. The van der Waals surface area contributed by atoms with E-state index in [0.29, 0.717) is 18.2 Å². The van der Waals surface area contributed by atoms with Gasteiger partial charge in [-0.1, -0.05) is 11.6 Å². The lowest BCUT2D eigenvalue weighted by Crippen LogP contribution is -2.46. The maximum Gasteiger partial charge on any atom is 0.416 e. The van der Waals surface area contributed by atoms with Gasteiger partial charge in [-0.2, -0.15) is 17.9 Å². The lowest BCUT2D eigenvalue weighted by molar-refractivity contribution is -0.137. The number of halogens is 4. The van der Waals surface area contributed by atoms with Crippen LogP contribution in [0.5, 0.6) is 0 Å². The Labute approximate surface area is 123 Å². The van der Waals surface area contributed by atoms with Gasteiger partial charge in [0.05, 0.1) is 17.2 Å². The number of alkyl halides is 3. The summed E-state index contributed by atoms with van der Waals surface area (Å²) >= 11 is 5.56. The average Bonchev–Trinajstić information content (AvgIpc) is 2.34. The average molecular weight is 346 g/mol. The van der Waals surface area contributed by atoms with E-state index in [9.17, 15) is 21.6 Å². The second-order valence-electron chi connectivity index (χ2n) is 3.95. The maximum absolute atomic E-state index is 12.5. The summed E-state index contributed by atoms with van der Waals surface area (Å²) in [5.41, 5.74) is 3.97. The van der Waals surface area contributed by atoms with Crippen molar-refractivity contribution in [3.05, 3.63) is 28.8 Å². The van der Waals surface area contributed by atoms with Gasteiger partial charge in [-0.05, 0) is 18.2 Å². The number of nitrogens with one attached hydrogen (secondary N) is 2. The van der Waals surface area contributed by atoms with E-state index in [2.05, 4.69) is 0 Å². The molecule has 0 aliphatic heterocycles. The molecule has 0 aliphatic rings. The van der Waals surface area contributed by atoms with Gasteiger partial charge in [0.1, 0.15) is 16.8 Å². The molecule has 11 heteroatoms. The van der Waals surface area contributed by atoms with Crippen molar-refractivity contribution in [1.29, 1.82) is 5.41 Å². The summed E-state index contributed by atoms with van der Waals surface area (Å²) in [6.45, 7) is -0.785. The van der Waals surface area contributed by atoms with Crippen LogP contribution in [0.15, 0.2) is 23.1 Å². The predicted octanol–water partition coefficient (Wildman–Crippen LogP) is 0.934. The van der Waals surface area contributed by atoms with E-state index in [1.807, 2.05) is 4.72 Å². The van der Waals surface area contributed by atoms with Gasteiger partial charge in [0.2, 0.25) is 10.0 Å². The summed E-state index contributed by atoms with van der Waals surface area (Å²) in [7, 11) is -4.34. The number of aliphatic hydroxyl groups is 1. The first-order valence-corrected chi connectivity index (χ1v) is 7.19. The number of amidine groups is 1. The van der Waals surface area contributed by atoms with Gasteiger partial charge in [-0.15, -0.1) is 0 Å². The minimum absolute atomic E-state index is 0.470. The highest BCUT2D eigenvalue weighted by Gasteiger charge is 2.32. The zero-order valence-corrected chi connectivity index (χ0v) is 11.9. The molecule has 0 unspecified atom stereocenters. The first kappa shape index (κ1) is 17.7. The van der Waals surface area contributed by atoms with Crippen LogP contribution in [0.1, 0.15) is 5.56 Å². The van der Waals surface area contributed by atoms with Crippen LogP contribution in [0.2, 0.25) is 5.02 Å². The molecule has 0 aromatic heterocycles. The molecule has 0 aliphatic carbocycles. The third-order valence-corrected chi connectivity index (χ3v) is 4.36. The van der Waals surface area contributed by atoms with Gasteiger partial charge in [0.15, 0.2) is 0 Å². The standard InChI is InChI=1S/C10H11ClF3N3O3S/c11-6-3-5(10(12,13)14)1-2-8(6)21(19,20)17-7(4-18)9(15)16/h1-3,7,17-18H,4H2,(H3,15,16)/t7-/m1/s1. The van der Waals surface area contributed by atoms with Crippen LogP contribution in [0, 0.1) is 5.41 Å². The molecule has 0 saturated heterocycles. The molecule has 5 N–H and O–H groups in total. The number of benzene rings is 1. The second kappa shape index (κ2) is 6.18. The summed E-state index contributed by atoms with van der Waals surface area (Å²) in [4.78, 5) is -0.614. The van der Waals surface area contributed by atoms with E-state index >= 15 is 0 Å². The highest BCUT2D eigenvalue weighted by molar-refractivity contribution is 7.89. The number of aliphatic hydroxyl groups excluding tert-OH is 1. The van der Waals surface area contributed by atoms with Gasteiger partial charge in [-0.3, -0.25) is 5.41 Å². The third-order valence-electron chi connectivity index (χ3n) is 2.40. The molecular weight excluding hydrogens is 335 g/mol. The van der Waals surface area contributed by atoms with Crippen molar-refractivity contribution in [3.63, 3.8) is 0 Å². The third kappa shape index (κ3) is 4.30. The molecule has 6 nitrogen and oxygen atoms in total. The number of nitrogens with two attached hydrogens (primary N) is 1. The molecule has 1 aromatic rings. The number of sulfonamides is 1. The Balaban J connectivity index is 3.18. The Bertz CT molecular complexity index is 649. The second-order valence-corrected chi connectivity index (χ2v) is 6.04. The van der Waals surface area contributed by atoms with Crippen LogP contribution >= 0.6 is 11.6 Å². The monoisotopic (exact) mass is 345 g/mol. The maximum atomic E-state index is 12.5. The molecule has 1 rings (SSSR count). The van der Waals surface area contributed by atoms with E-state index in [4.69, 9.17) is 27.9 Å². The van der Waals surface area contributed by atoms with Gasteiger partial charge in [0, 0.05) is 0 Å². The van der Waals surface area contributed by atoms with Crippen LogP contribution in [0.4, 0.5) is 13.2 Å². The molecule has 0 bridgehead atoms. The smallest absolute Gasteiger partial charge is 0.394 e. The molecular formula is C10H11ClF3N3O3S. The zero-order chi connectivity index (χ0) is 16.4. The van der Waals surface area contributed by atoms with Crippen LogP contribution in [-0.2, 0) is 16.2 Å². The van der Waals surface area contributed by atoms with Crippen molar-refractivity contribution in [2.45, 2.75) is 17.1 Å². The van der Waals surface area contributed by atoms with Crippen LogP contribution < -0.4 is 10.5 Å². The molecule has 0 amide bonds. The van der Waals surface area contributed by atoms with Crippen molar-refractivity contribution >= 4 is 27.5 Å². The van der Waals surface area contributed by atoms with Crippen molar-refractivity contribution < 1.29 is 26.7 Å². The molecule has 0 radical (unpaired) electrons. The molecule has 21 heavy (non-hydrogen) atoms. The summed E-state index contributed by atoms with van der Waals surface area (Å²) in [6, 6.07) is 0.315. The summed E-state index contributed by atoms with van der Waals surface area (Å²) < 4.78 is 63.2. The number of hydrogen-bond acceptors (Lipinski definition) is 4. The molecule has 0 fully saturated rings. The first-order valence-electron chi connectivity index (χ1n) is 5.33. The van der Waals surface area contributed by atoms with Crippen LogP contribution in [0.25, 0.3) is 0 Å². The van der Waals surface area contributed by atoms with Crippen molar-refractivity contribution in [1.82, 2.24) is 4.72 Å². The number of rotatable bonds is 5. The largest absolute Gasteiger partial charge is 0.416 e. The Morgan fingerprint density at radius 1 is 1.48 bits per heavy atom. The lowest BCUT2D eigenvalue weighted by atomic mass is 10.2. The minimum Gasteiger partial charge on any atom is -0.394 e. The Kier molecular flexibility index (Phi) is 5.20. The molecule has 1 atom stereocenters. The van der Waals surface area contributed by atoms with Gasteiger partial charge < -0.3 is 10.8 Å². The van der Waals surface area contributed by atoms with Crippen molar-refractivity contribution in [2.75, 3.05) is 6.61 Å². The van der Waals surface area contributed by atoms with Crippen LogP contribution in [-0.4, -0.2) is 32.0 Å². The van der Waals surface area contributed by atoms with E-state index in [1.54, 1.807) is 0 Å². The first-order chi connectivity index (χ1) is 9.49. The van der Waals surface area contributed by atoms with Crippen molar-refractivity contribution in [2.24, 2.45) is 5.73 Å². The Morgan fingerprint density at radius 2 is 2.05 bits per heavy atom. The van der Waals surface area contributed by atoms with Gasteiger partial charge in [-0.25, -0.2) is 8.42 Å².